The van der Waals surface area contributed by atoms with E-state index < -0.39 is 11.9 Å². The maximum absolute atomic E-state index is 11.1. The topological polar surface area (TPSA) is 102 Å². The molecule has 0 aromatic heterocycles. The standard InChI is InChI=1S/C13H15ClO4.C9H9ClO3/c1-8-11(13(15)16)6-9(14)7-12(8)18-10-2-4-17-5-3-10;1-5-7(9(12)13-2)3-6(10)4-8(5)11/h6-7,10H,2-5H2,1H3,(H,15,16);3-4,11H,1-2H3. The molecular formula is C22H24Cl2O7. The fourth-order valence-electron chi connectivity index (χ4n) is 2.96. The van der Waals surface area contributed by atoms with Gasteiger partial charge in [0.1, 0.15) is 17.6 Å². The van der Waals surface area contributed by atoms with Crippen LogP contribution in [0.4, 0.5) is 0 Å². The molecule has 1 fully saturated rings. The van der Waals surface area contributed by atoms with Crippen LogP contribution in [0.15, 0.2) is 24.3 Å². The molecule has 0 spiro atoms. The number of ether oxygens (including phenoxy) is 3. The van der Waals surface area contributed by atoms with Crippen LogP contribution in [-0.2, 0) is 9.47 Å². The van der Waals surface area contributed by atoms with Crippen molar-refractivity contribution in [3.05, 3.63) is 56.6 Å². The molecule has 9 heteroatoms. The van der Waals surface area contributed by atoms with Gasteiger partial charge in [0.05, 0.1) is 31.5 Å². The molecule has 0 unspecified atom stereocenters. The average molecular weight is 471 g/mol. The molecule has 1 heterocycles. The first-order chi connectivity index (χ1) is 14.6. The van der Waals surface area contributed by atoms with E-state index in [4.69, 9.17) is 37.8 Å². The molecule has 1 aliphatic heterocycles. The fraction of sp³-hybridized carbons (Fsp3) is 0.364. The molecule has 0 aliphatic carbocycles. The lowest BCUT2D eigenvalue weighted by atomic mass is 10.1. The summed E-state index contributed by atoms with van der Waals surface area (Å²) in [6.07, 6.45) is 1.69. The Morgan fingerprint density at radius 1 is 1.00 bits per heavy atom. The van der Waals surface area contributed by atoms with Crippen LogP contribution in [0.25, 0.3) is 0 Å². The number of hydrogen-bond donors (Lipinski definition) is 2. The van der Waals surface area contributed by atoms with Gasteiger partial charge >= 0.3 is 11.9 Å². The lowest BCUT2D eigenvalue weighted by Crippen LogP contribution is -2.26. The van der Waals surface area contributed by atoms with Gasteiger partial charge in [0.15, 0.2) is 0 Å². The zero-order valence-corrected chi connectivity index (χ0v) is 18.9. The molecule has 2 aromatic rings. The number of esters is 1. The highest BCUT2D eigenvalue weighted by Crippen LogP contribution is 2.29. The van der Waals surface area contributed by atoms with Gasteiger partial charge in [-0.05, 0) is 38.1 Å². The van der Waals surface area contributed by atoms with E-state index in [1.54, 1.807) is 19.9 Å². The predicted molar refractivity (Wildman–Crippen MR) is 117 cm³/mol. The number of aromatic hydroxyl groups is 1. The molecule has 0 amide bonds. The van der Waals surface area contributed by atoms with Crippen LogP contribution in [-0.4, -0.2) is 48.6 Å². The number of rotatable bonds is 4. The van der Waals surface area contributed by atoms with E-state index in [0.717, 1.165) is 12.8 Å². The second kappa shape index (κ2) is 11.2. The third-order valence-corrected chi connectivity index (χ3v) is 5.20. The summed E-state index contributed by atoms with van der Waals surface area (Å²) in [7, 11) is 1.28. The number of methoxy groups -OCH3 is 1. The van der Waals surface area contributed by atoms with Crippen LogP contribution in [0, 0.1) is 13.8 Å². The summed E-state index contributed by atoms with van der Waals surface area (Å²) < 4.78 is 15.6. The first kappa shape index (κ1) is 24.8. The summed E-state index contributed by atoms with van der Waals surface area (Å²) in [6, 6.07) is 5.95. The van der Waals surface area contributed by atoms with E-state index in [0.29, 0.717) is 40.1 Å². The highest BCUT2D eigenvalue weighted by atomic mass is 35.5. The smallest absolute Gasteiger partial charge is 0.338 e. The van der Waals surface area contributed by atoms with Gasteiger partial charge < -0.3 is 24.4 Å². The van der Waals surface area contributed by atoms with Crippen molar-refractivity contribution in [1.82, 2.24) is 0 Å². The van der Waals surface area contributed by atoms with Crippen molar-refractivity contribution in [2.45, 2.75) is 32.8 Å². The van der Waals surface area contributed by atoms with Crippen molar-refractivity contribution in [2.24, 2.45) is 0 Å². The van der Waals surface area contributed by atoms with Crippen LogP contribution < -0.4 is 4.74 Å². The molecule has 0 bridgehead atoms. The Labute approximate surface area is 190 Å². The second-order valence-corrected chi connectivity index (χ2v) is 7.77. The first-order valence-electron chi connectivity index (χ1n) is 9.49. The molecule has 0 atom stereocenters. The summed E-state index contributed by atoms with van der Waals surface area (Å²) in [5.41, 5.74) is 1.55. The fourth-order valence-corrected chi connectivity index (χ4v) is 3.38. The lowest BCUT2D eigenvalue weighted by Gasteiger charge is -2.24. The Hall–Kier alpha value is -2.48. The van der Waals surface area contributed by atoms with Gasteiger partial charge in [0.25, 0.3) is 0 Å². The summed E-state index contributed by atoms with van der Waals surface area (Å²) in [4.78, 5) is 22.2. The minimum Gasteiger partial charge on any atom is -0.508 e. The molecular weight excluding hydrogens is 447 g/mol. The van der Waals surface area contributed by atoms with E-state index in [9.17, 15) is 14.7 Å². The first-order valence-corrected chi connectivity index (χ1v) is 10.2. The number of carboxylic acid groups (broad SMARTS) is 1. The Bertz CT molecular complexity index is 953. The van der Waals surface area contributed by atoms with Gasteiger partial charge in [-0.1, -0.05) is 23.2 Å². The van der Waals surface area contributed by atoms with Gasteiger partial charge in [-0.15, -0.1) is 0 Å². The number of aromatic carboxylic acids is 1. The molecule has 3 rings (SSSR count). The quantitative estimate of drug-likeness (QED) is 0.602. The summed E-state index contributed by atoms with van der Waals surface area (Å²) in [6.45, 7) is 4.71. The maximum Gasteiger partial charge on any atom is 0.338 e. The Balaban J connectivity index is 0.000000233. The van der Waals surface area contributed by atoms with E-state index in [2.05, 4.69) is 4.74 Å². The van der Waals surface area contributed by atoms with Gasteiger partial charge in [0.2, 0.25) is 0 Å². The molecule has 2 aromatic carbocycles. The molecule has 2 N–H and O–H groups in total. The monoisotopic (exact) mass is 470 g/mol. The van der Waals surface area contributed by atoms with Crippen LogP contribution in [0.1, 0.15) is 44.7 Å². The third-order valence-electron chi connectivity index (χ3n) is 4.77. The van der Waals surface area contributed by atoms with Crippen molar-refractivity contribution in [3.8, 4) is 11.5 Å². The molecule has 7 nitrogen and oxygen atoms in total. The van der Waals surface area contributed by atoms with Crippen molar-refractivity contribution >= 4 is 35.1 Å². The van der Waals surface area contributed by atoms with Crippen LogP contribution >= 0.6 is 23.2 Å². The van der Waals surface area contributed by atoms with Crippen LogP contribution in [0.5, 0.6) is 11.5 Å². The Kier molecular flexibility index (Phi) is 8.98. The van der Waals surface area contributed by atoms with Crippen LogP contribution in [0.2, 0.25) is 10.0 Å². The second-order valence-electron chi connectivity index (χ2n) is 6.90. The molecule has 1 saturated heterocycles. The highest BCUT2D eigenvalue weighted by molar-refractivity contribution is 6.31. The van der Waals surface area contributed by atoms with Gasteiger partial charge in [-0.2, -0.15) is 0 Å². The largest absolute Gasteiger partial charge is 0.508 e. The molecule has 1 aliphatic rings. The minimum atomic E-state index is -0.994. The third kappa shape index (κ3) is 6.75. The predicted octanol–water partition coefficient (Wildman–Crippen LogP) is 5.05. The summed E-state index contributed by atoms with van der Waals surface area (Å²) >= 11 is 11.6. The molecule has 0 saturated carbocycles. The van der Waals surface area contributed by atoms with Gasteiger partial charge in [-0.3, -0.25) is 0 Å². The highest BCUT2D eigenvalue weighted by Gasteiger charge is 2.19. The zero-order chi connectivity index (χ0) is 23.1. The van der Waals surface area contributed by atoms with E-state index in [-0.39, 0.29) is 23.0 Å². The normalized spacial score (nSPS) is 13.7. The number of phenols is 1. The van der Waals surface area contributed by atoms with E-state index in [1.807, 2.05) is 0 Å². The average Bonchev–Trinajstić information content (AvgIpc) is 2.73. The van der Waals surface area contributed by atoms with Crippen molar-refractivity contribution in [2.75, 3.05) is 20.3 Å². The van der Waals surface area contributed by atoms with Crippen LogP contribution in [0.3, 0.4) is 0 Å². The molecule has 168 valence electrons. The SMILES string of the molecule is COC(=O)c1cc(Cl)cc(O)c1C.Cc1c(OC2CCOCC2)cc(Cl)cc1C(=O)O. The Morgan fingerprint density at radius 2 is 1.58 bits per heavy atom. The maximum atomic E-state index is 11.1. The van der Waals surface area contributed by atoms with Gasteiger partial charge in [0, 0.05) is 34.0 Å². The van der Waals surface area contributed by atoms with Crippen molar-refractivity contribution in [1.29, 1.82) is 0 Å². The van der Waals surface area contributed by atoms with Gasteiger partial charge in [-0.25, -0.2) is 9.59 Å². The number of benzene rings is 2. The summed E-state index contributed by atoms with van der Waals surface area (Å²) in [5.74, 6) is -0.957. The molecule has 0 radical (unpaired) electrons. The van der Waals surface area contributed by atoms with E-state index >= 15 is 0 Å². The number of phenolic OH excluding ortho intramolecular Hbond substituents is 1. The van der Waals surface area contributed by atoms with Crippen molar-refractivity contribution in [3.63, 3.8) is 0 Å². The van der Waals surface area contributed by atoms with E-state index in [1.165, 1.54) is 25.3 Å². The summed E-state index contributed by atoms with van der Waals surface area (Å²) in [5, 5.41) is 19.1. The number of halogens is 2. The lowest BCUT2D eigenvalue weighted by molar-refractivity contribution is 0.0252. The zero-order valence-electron chi connectivity index (χ0n) is 17.4. The number of hydrogen-bond acceptors (Lipinski definition) is 6. The Morgan fingerprint density at radius 3 is 2.16 bits per heavy atom. The number of carbonyl (C=O) groups is 2. The number of carbonyl (C=O) groups excluding carboxylic acids is 1. The molecule has 31 heavy (non-hydrogen) atoms. The number of carboxylic acids is 1. The minimum absolute atomic E-state index is 0.00657. The van der Waals surface area contributed by atoms with Crippen molar-refractivity contribution < 1.29 is 34.0 Å².